The van der Waals surface area contributed by atoms with E-state index in [0.717, 1.165) is 41.4 Å². The van der Waals surface area contributed by atoms with Crippen molar-refractivity contribution in [2.75, 3.05) is 12.9 Å². The number of ether oxygens (including phenoxy) is 1. The van der Waals surface area contributed by atoms with Crippen molar-refractivity contribution in [3.63, 3.8) is 0 Å². The molecule has 0 saturated heterocycles. The molecule has 0 spiro atoms. The van der Waals surface area contributed by atoms with Gasteiger partial charge < -0.3 is 15.4 Å². The predicted molar refractivity (Wildman–Crippen MR) is 120 cm³/mol. The smallest absolute Gasteiger partial charge is 0.270 e. The number of benzene rings is 2. The number of hydrogen-bond donors (Lipinski definition) is 2. The van der Waals surface area contributed by atoms with Crippen LogP contribution >= 0.6 is 0 Å². The van der Waals surface area contributed by atoms with Gasteiger partial charge in [0, 0.05) is 31.8 Å². The Morgan fingerprint density at radius 2 is 1.52 bits per heavy atom. The van der Waals surface area contributed by atoms with Crippen LogP contribution in [0.1, 0.15) is 37.7 Å². The highest BCUT2D eigenvalue weighted by molar-refractivity contribution is 7.90. The van der Waals surface area contributed by atoms with Crippen molar-refractivity contribution in [1.29, 1.82) is 0 Å². The Labute approximate surface area is 191 Å². The number of sulfone groups is 1. The first-order chi connectivity index (χ1) is 15.8. The zero-order chi connectivity index (χ0) is 23.4. The highest BCUT2D eigenvalue weighted by Crippen LogP contribution is 2.25. The van der Waals surface area contributed by atoms with Crippen LogP contribution in [0.4, 0.5) is 0 Å². The Hall–Kier alpha value is -3.79. The van der Waals surface area contributed by atoms with E-state index in [1.165, 1.54) is 18.2 Å². The van der Waals surface area contributed by atoms with E-state index in [-0.39, 0.29) is 22.8 Å². The fourth-order valence-electron chi connectivity index (χ4n) is 3.36. The zero-order valence-corrected chi connectivity index (χ0v) is 18.7. The molecule has 33 heavy (non-hydrogen) atoms. The lowest BCUT2D eigenvalue weighted by Gasteiger charge is -2.08. The van der Waals surface area contributed by atoms with Crippen LogP contribution in [0, 0.1) is 0 Å². The van der Waals surface area contributed by atoms with Gasteiger partial charge >= 0.3 is 0 Å². The minimum atomic E-state index is -3.28. The standard InChI is InChI=1S/C23H22N4O5S/c1-33(30,31)18-5-2-15(3-6-18)12-24-22(28)19-11-20(27-14-26-19)23(29)25-13-16-4-7-21-17(10-16)8-9-32-21/h2-7,10-11,14H,8-9,12-13H2,1H3,(H,24,28)(H,25,29). The van der Waals surface area contributed by atoms with Gasteiger partial charge in [-0.25, -0.2) is 18.4 Å². The summed E-state index contributed by atoms with van der Waals surface area (Å²) in [6, 6.07) is 13.3. The summed E-state index contributed by atoms with van der Waals surface area (Å²) in [5, 5.41) is 5.50. The van der Waals surface area contributed by atoms with Gasteiger partial charge in [0.05, 0.1) is 11.5 Å². The van der Waals surface area contributed by atoms with E-state index in [0.29, 0.717) is 13.2 Å². The average molecular weight is 467 g/mol. The van der Waals surface area contributed by atoms with Gasteiger partial charge in [-0.3, -0.25) is 9.59 Å². The fraction of sp³-hybridized carbons (Fsp3) is 0.217. The van der Waals surface area contributed by atoms with E-state index >= 15 is 0 Å². The second-order valence-electron chi connectivity index (χ2n) is 7.61. The number of carbonyl (C=O) groups is 2. The molecule has 2 heterocycles. The topological polar surface area (TPSA) is 127 Å². The second-order valence-corrected chi connectivity index (χ2v) is 9.63. The van der Waals surface area contributed by atoms with Crippen LogP contribution in [0.2, 0.25) is 0 Å². The van der Waals surface area contributed by atoms with Crippen LogP contribution in [0.15, 0.2) is 59.8 Å². The molecule has 10 heteroatoms. The number of nitrogens with zero attached hydrogens (tertiary/aromatic N) is 2. The fourth-order valence-corrected chi connectivity index (χ4v) is 3.99. The van der Waals surface area contributed by atoms with Gasteiger partial charge in [0.1, 0.15) is 23.5 Å². The molecule has 0 fully saturated rings. The lowest BCUT2D eigenvalue weighted by atomic mass is 10.1. The van der Waals surface area contributed by atoms with Crippen LogP contribution < -0.4 is 15.4 Å². The van der Waals surface area contributed by atoms with Crippen LogP contribution in [0.3, 0.4) is 0 Å². The molecule has 2 amide bonds. The maximum absolute atomic E-state index is 12.5. The molecular formula is C23H22N4O5S. The highest BCUT2D eigenvalue weighted by atomic mass is 32.2. The largest absolute Gasteiger partial charge is 0.493 e. The Morgan fingerprint density at radius 1 is 0.909 bits per heavy atom. The number of carbonyl (C=O) groups excluding carboxylic acids is 2. The molecule has 3 aromatic rings. The van der Waals surface area contributed by atoms with Gasteiger partial charge in [0.15, 0.2) is 9.84 Å². The van der Waals surface area contributed by atoms with E-state index in [1.54, 1.807) is 12.1 Å². The minimum absolute atomic E-state index is 0.0533. The average Bonchev–Trinajstić information content (AvgIpc) is 3.28. The molecule has 0 radical (unpaired) electrons. The van der Waals surface area contributed by atoms with E-state index in [4.69, 9.17) is 4.74 Å². The van der Waals surface area contributed by atoms with Gasteiger partial charge in [0.25, 0.3) is 11.8 Å². The first kappa shape index (κ1) is 22.4. The number of rotatable bonds is 7. The maximum atomic E-state index is 12.5. The van der Waals surface area contributed by atoms with Gasteiger partial charge in [-0.05, 0) is 34.9 Å². The molecule has 0 atom stereocenters. The molecule has 1 aromatic heterocycles. The first-order valence-corrected chi connectivity index (χ1v) is 12.1. The summed E-state index contributed by atoms with van der Waals surface area (Å²) in [6.07, 6.45) is 3.15. The first-order valence-electron chi connectivity index (χ1n) is 10.2. The summed E-state index contributed by atoms with van der Waals surface area (Å²) in [5.74, 6) is -0.0142. The summed E-state index contributed by atoms with van der Waals surface area (Å²) < 4.78 is 28.5. The third-order valence-electron chi connectivity index (χ3n) is 5.14. The van der Waals surface area contributed by atoms with E-state index in [1.807, 2.05) is 18.2 Å². The third-order valence-corrected chi connectivity index (χ3v) is 6.27. The van der Waals surface area contributed by atoms with Crippen molar-refractivity contribution in [1.82, 2.24) is 20.6 Å². The van der Waals surface area contributed by atoms with Crippen molar-refractivity contribution in [3.8, 4) is 5.75 Å². The highest BCUT2D eigenvalue weighted by Gasteiger charge is 2.15. The molecule has 4 rings (SSSR count). The summed E-state index contributed by atoms with van der Waals surface area (Å²) in [7, 11) is -3.28. The molecular weight excluding hydrogens is 444 g/mol. The van der Waals surface area contributed by atoms with Gasteiger partial charge in [-0.1, -0.05) is 24.3 Å². The van der Waals surface area contributed by atoms with Crippen molar-refractivity contribution >= 4 is 21.7 Å². The van der Waals surface area contributed by atoms with E-state index < -0.39 is 21.7 Å². The van der Waals surface area contributed by atoms with Crippen LogP contribution in [0.5, 0.6) is 5.75 Å². The monoisotopic (exact) mass is 466 g/mol. The van der Waals surface area contributed by atoms with Crippen LogP contribution in [-0.4, -0.2) is 43.1 Å². The summed E-state index contributed by atoms with van der Waals surface area (Å²) in [6.45, 7) is 1.17. The second kappa shape index (κ2) is 9.37. The lowest BCUT2D eigenvalue weighted by Crippen LogP contribution is -2.27. The van der Waals surface area contributed by atoms with Crippen LogP contribution in [-0.2, 0) is 29.3 Å². The van der Waals surface area contributed by atoms with E-state index in [2.05, 4.69) is 20.6 Å². The Bertz CT molecular complexity index is 1310. The molecule has 2 aromatic carbocycles. The quantitative estimate of drug-likeness (QED) is 0.542. The summed E-state index contributed by atoms with van der Waals surface area (Å²) >= 11 is 0. The van der Waals surface area contributed by atoms with Gasteiger partial charge in [-0.15, -0.1) is 0 Å². The predicted octanol–water partition coefficient (Wildman–Crippen LogP) is 1.67. The number of aromatic nitrogens is 2. The lowest BCUT2D eigenvalue weighted by molar-refractivity contribution is 0.0944. The third kappa shape index (κ3) is 5.53. The Balaban J connectivity index is 1.34. The maximum Gasteiger partial charge on any atom is 0.270 e. The SMILES string of the molecule is CS(=O)(=O)c1ccc(CNC(=O)c2cc(C(=O)NCc3ccc4c(c3)CCO4)ncn2)cc1. The summed E-state index contributed by atoms with van der Waals surface area (Å²) in [5.41, 5.74) is 2.92. The molecule has 0 aliphatic carbocycles. The molecule has 0 saturated carbocycles. The Kier molecular flexibility index (Phi) is 6.36. The number of hydrogen-bond acceptors (Lipinski definition) is 7. The van der Waals surface area contributed by atoms with Gasteiger partial charge in [-0.2, -0.15) is 0 Å². The van der Waals surface area contributed by atoms with Gasteiger partial charge in [0.2, 0.25) is 0 Å². The normalized spacial score (nSPS) is 12.5. The van der Waals surface area contributed by atoms with Crippen molar-refractivity contribution in [2.24, 2.45) is 0 Å². The molecule has 9 nitrogen and oxygen atoms in total. The molecule has 1 aliphatic heterocycles. The molecule has 2 N–H and O–H groups in total. The number of amides is 2. The molecule has 170 valence electrons. The van der Waals surface area contributed by atoms with E-state index in [9.17, 15) is 18.0 Å². The molecule has 0 bridgehead atoms. The van der Waals surface area contributed by atoms with Crippen LogP contribution in [0.25, 0.3) is 0 Å². The zero-order valence-electron chi connectivity index (χ0n) is 17.9. The van der Waals surface area contributed by atoms with Crippen molar-refractivity contribution in [2.45, 2.75) is 24.4 Å². The summed E-state index contributed by atoms with van der Waals surface area (Å²) in [4.78, 5) is 33.1. The molecule has 0 unspecified atom stereocenters. The number of fused-ring (bicyclic) bond motifs is 1. The minimum Gasteiger partial charge on any atom is -0.493 e. The number of nitrogens with one attached hydrogen (secondary N) is 2. The molecule has 1 aliphatic rings. The van der Waals surface area contributed by atoms with Crippen molar-refractivity contribution in [3.05, 3.63) is 82.9 Å². The van der Waals surface area contributed by atoms with Crippen molar-refractivity contribution < 1.29 is 22.7 Å². The Morgan fingerprint density at radius 3 is 2.15 bits per heavy atom.